The SMILES string of the molecule is COc1cc(Nc2nc(-c3ccc4[nH]ccc4c3)cn3ccnc23)cc(OC)c1OC. The molecule has 0 bridgehead atoms. The summed E-state index contributed by atoms with van der Waals surface area (Å²) in [7, 11) is 4.75. The van der Waals surface area contributed by atoms with Gasteiger partial charge >= 0.3 is 0 Å². The Balaban J connectivity index is 1.61. The molecule has 0 aliphatic rings. The molecule has 8 heteroatoms. The topological polar surface area (TPSA) is 85.7 Å². The molecule has 0 radical (unpaired) electrons. The number of fused-ring (bicyclic) bond motifs is 2. The molecule has 0 spiro atoms. The molecule has 5 rings (SSSR count). The number of rotatable bonds is 6. The first-order valence-corrected chi connectivity index (χ1v) is 9.68. The van der Waals surface area contributed by atoms with Gasteiger partial charge in [-0.2, -0.15) is 0 Å². The van der Waals surface area contributed by atoms with E-state index in [2.05, 4.69) is 27.4 Å². The Bertz CT molecular complexity index is 1360. The molecule has 5 aromatic rings. The number of aromatic nitrogens is 4. The summed E-state index contributed by atoms with van der Waals surface area (Å²) in [6, 6.07) is 11.9. The molecule has 2 aromatic carbocycles. The third-order valence-electron chi connectivity index (χ3n) is 5.15. The van der Waals surface area contributed by atoms with E-state index in [0.717, 1.165) is 27.8 Å². The molecule has 0 amide bonds. The molecule has 3 heterocycles. The summed E-state index contributed by atoms with van der Waals surface area (Å²) >= 11 is 0. The highest BCUT2D eigenvalue weighted by Gasteiger charge is 2.16. The summed E-state index contributed by atoms with van der Waals surface area (Å²) < 4.78 is 18.3. The molecule has 0 unspecified atom stereocenters. The smallest absolute Gasteiger partial charge is 0.203 e. The van der Waals surface area contributed by atoms with Gasteiger partial charge in [0.1, 0.15) is 0 Å². The molecule has 0 aliphatic heterocycles. The number of methoxy groups -OCH3 is 3. The maximum absolute atomic E-state index is 5.47. The molecule has 0 saturated heterocycles. The summed E-state index contributed by atoms with van der Waals surface area (Å²) in [4.78, 5) is 12.5. The van der Waals surface area contributed by atoms with Crippen molar-refractivity contribution in [2.75, 3.05) is 26.6 Å². The highest BCUT2D eigenvalue weighted by Crippen LogP contribution is 2.40. The lowest BCUT2D eigenvalue weighted by Gasteiger charge is -2.15. The van der Waals surface area contributed by atoms with Crippen LogP contribution in [0.4, 0.5) is 11.5 Å². The lowest BCUT2D eigenvalue weighted by atomic mass is 10.1. The second-order valence-electron chi connectivity index (χ2n) is 6.95. The number of hydrogen-bond donors (Lipinski definition) is 2. The average Bonchev–Trinajstić information content (AvgIpc) is 3.47. The van der Waals surface area contributed by atoms with Crippen molar-refractivity contribution in [2.45, 2.75) is 0 Å². The minimum absolute atomic E-state index is 0.531. The van der Waals surface area contributed by atoms with Crippen molar-refractivity contribution < 1.29 is 14.2 Å². The number of imidazole rings is 1. The highest BCUT2D eigenvalue weighted by molar-refractivity contribution is 5.85. The standard InChI is InChI=1S/C23H21N5O3/c1-29-19-11-16(12-20(30-2)21(19)31-3)26-22-23-25-8-9-28(23)13-18(27-22)14-4-5-17-15(10-14)6-7-24-17/h4-13,24H,1-3H3,(H,26,27). The molecule has 156 valence electrons. The van der Waals surface area contributed by atoms with Crippen molar-refractivity contribution in [3.05, 3.63) is 61.2 Å². The summed E-state index contributed by atoms with van der Waals surface area (Å²) in [5.74, 6) is 2.25. The molecule has 31 heavy (non-hydrogen) atoms. The van der Waals surface area contributed by atoms with E-state index in [9.17, 15) is 0 Å². The van der Waals surface area contributed by atoms with Gasteiger partial charge in [0, 0.05) is 59.1 Å². The third kappa shape index (κ3) is 3.28. The van der Waals surface area contributed by atoms with Crippen LogP contribution in [0.1, 0.15) is 0 Å². The van der Waals surface area contributed by atoms with Crippen LogP contribution >= 0.6 is 0 Å². The van der Waals surface area contributed by atoms with Crippen LogP contribution in [0.3, 0.4) is 0 Å². The molecule has 8 nitrogen and oxygen atoms in total. The molecule has 0 aliphatic carbocycles. The van der Waals surface area contributed by atoms with Gasteiger partial charge in [-0.15, -0.1) is 0 Å². The zero-order valence-corrected chi connectivity index (χ0v) is 17.3. The third-order valence-corrected chi connectivity index (χ3v) is 5.15. The summed E-state index contributed by atoms with van der Waals surface area (Å²) in [6.07, 6.45) is 7.54. The van der Waals surface area contributed by atoms with E-state index in [1.807, 2.05) is 47.3 Å². The van der Waals surface area contributed by atoms with Crippen molar-refractivity contribution in [2.24, 2.45) is 0 Å². The van der Waals surface area contributed by atoms with Gasteiger partial charge in [0.05, 0.1) is 27.0 Å². The Morgan fingerprint density at radius 2 is 1.77 bits per heavy atom. The zero-order valence-electron chi connectivity index (χ0n) is 17.3. The van der Waals surface area contributed by atoms with E-state index in [1.54, 1.807) is 27.5 Å². The van der Waals surface area contributed by atoms with Crippen molar-refractivity contribution in [3.63, 3.8) is 0 Å². The fraction of sp³-hybridized carbons (Fsp3) is 0.130. The monoisotopic (exact) mass is 415 g/mol. The number of nitrogens with zero attached hydrogens (tertiary/aromatic N) is 3. The predicted molar refractivity (Wildman–Crippen MR) is 120 cm³/mol. The molecular formula is C23H21N5O3. The number of aromatic amines is 1. The van der Waals surface area contributed by atoms with Gasteiger partial charge in [-0.25, -0.2) is 9.97 Å². The van der Waals surface area contributed by atoms with Gasteiger partial charge in [-0.05, 0) is 18.2 Å². The summed E-state index contributed by atoms with van der Waals surface area (Å²) in [6.45, 7) is 0. The van der Waals surface area contributed by atoms with E-state index in [4.69, 9.17) is 19.2 Å². The van der Waals surface area contributed by atoms with Gasteiger partial charge in [-0.1, -0.05) is 6.07 Å². The van der Waals surface area contributed by atoms with E-state index < -0.39 is 0 Å². The van der Waals surface area contributed by atoms with Crippen LogP contribution in [-0.2, 0) is 0 Å². The number of benzene rings is 2. The van der Waals surface area contributed by atoms with Gasteiger partial charge in [0.25, 0.3) is 0 Å². The highest BCUT2D eigenvalue weighted by atomic mass is 16.5. The van der Waals surface area contributed by atoms with Gasteiger partial charge in [-0.3, -0.25) is 0 Å². The molecule has 0 fully saturated rings. The molecule has 2 N–H and O–H groups in total. The van der Waals surface area contributed by atoms with Crippen molar-refractivity contribution in [1.29, 1.82) is 0 Å². The Hall–Kier alpha value is -4.20. The second-order valence-corrected chi connectivity index (χ2v) is 6.95. The van der Waals surface area contributed by atoms with Crippen LogP contribution in [0, 0.1) is 0 Å². The van der Waals surface area contributed by atoms with Gasteiger partial charge in [0.2, 0.25) is 5.75 Å². The first-order valence-electron chi connectivity index (χ1n) is 9.68. The Labute approximate surface area is 178 Å². The van der Waals surface area contributed by atoms with Crippen LogP contribution in [0.2, 0.25) is 0 Å². The number of anilines is 2. The largest absolute Gasteiger partial charge is 0.493 e. The van der Waals surface area contributed by atoms with E-state index in [1.165, 1.54) is 0 Å². The number of hydrogen-bond acceptors (Lipinski definition) is 6. The predicted octanol–water partition coefficient (Wildman–Crippen LogP) is 4.65. The number of ether oxygens (including phenoxy) is 3. The normalized spacial score (nSPS) is 11.1. The van der Waals surface area contributed by atoms with Crippen molar-refractivity contribution in [3.8, 4) is 28.5 Å². The van der Waals surface area contributed by atoms with Crippen LogP contribution in [-0.4, -0.2) is 40.7 Å². The fourth-order valence-electron chi connectivity index (χ4n) is 3.66. The Morgan fingerprint density at radius 3 is 2.52 bits per heavy atom. The van der Waals surface area contributed by atoms with E-state index in [-0.39, 0.29) is 0 Å². The van der Waals surface area contributed by atoms with Gasteiger partial charge < -0.3 is 28.9 Å². The Morgan fingerprint density at radius 1 is 0.968 bits per heavy atom. The molecule has 3 aromatic heterocycles. The van der Waals surface area contributed by atoms with Crippen LogP contribution in [0.25, 0.3) is 27.8 Å². The van der Waals surface area contributed by atoms with E-state index in [0.29, 0.717) is 28.7 Å². The van der Waals surface area contributed by atoms with Crippen LogP contribution < -0.4 is 19.5 Å². The lowest BCUT2D eigenvalue weighted by molar-refractivity contribution is 0.324. The molecular weight excluding hydrogens is 394 g/mol. The number of H-pyrrole nitrogens is 1. The minimum atomic E-state index is 0.531. The maximum Gasteiger partial charge on any atom is 0.203 e. The second kappa shape index (κ2) is 7.56. The van der Waals surface area contributed by atoms with Crippen molar-refractivity contribution >= 4 is 28.1 Å². The van der Waals surface area contributed by atoms with E-state index >= 15 is 0 Å². The quantitative estimate of drug-likeness (QED) is 0.420. The lowest BCUT2D eigenvalue weighted by Crippen LogP contribution is -2.02. The van der Waals surface area contributed by atoms with Crippen molar-refractivity contribution in [1.82, 2.24) is 19.4 Å². The fourth-order valence-corrected chi connectivity index (χ4v) is 3.66. The minimum Gasteiger partial charge on any atom is -0.493 e. The van der Waals surface area contributed by atoms with Gasteiger partial charge in [0.15, 0.2) is 23.0 Å². The van der Waals surface area contributed by atoms with Crippen LogP contribution in [0.15, 0.2) is 61.2 Å². The molecule has 0 atom stereocenters. The summed E-state index contributed by atoms with van der Waals surface area (Å²) in [5, 5.41) is 4.49. The number of nitrogens with one attached hydrogen (secondary N) is 2. The summed E-state index contributed by atoms with van der Waals surface area (Å²) in [5.41, 5.74) is 4.37. The average molecular weight is 415 g/mol. The zero-order chi connectivity index (χ0) is 21.4. The first-order chi connectivity index (χ1) is 15.2. The first kappa shape index (κ1) is 18.8. The molecule has 0 saturated carbocycles. The maximum atomic E-state index is 5.47. The Kier molecular flexibility index (Phi) is 4.59. The van der Waals surface area contributed by atoms with Crippen LogP contribution in [0.5, 0.6) is 17.2 Å².